The Morgan fingerprint density at radius 1 is 1.05 bits per heavy atom. The van der Waals surface area contributed by atoms with Crippen molar-refractivity contribution in [1.29, 1.82) is 0 Å². The Bertz CT molecular complexity index is 1440. The smallest absolute Gasteiger partial charge is 0.350 e. The van der Waals surface area contributed by atoms with E-state index in [-0.39, 0.29) is 35.9 Å². The topological polar surface area (TPSA) is 117 Å². The molecule has 5 rings (SSSR count). The minimum absolute atomic E-state index is 0.0147. The number of ketones is 1. The van der Waals surface area contributed by atoms with Crippen molar-refractivity contribution >= 4 is 57.2 Å². The van der Waals surface area contributed by atoms with E-state index in [1.165, 1.54) is 11.3 Å². The highest BCUT2D eigenvalue weighted by Gasteiger charge is 2.35. The van der Waals surface area contributed by atoms with Crippen LogP contribution in [0.3, 0.4) is 0 Å². The van der Waals surface area contributed by atoms with Gasteiger partial charge in [-0.1, -0.05) is 34.5 Å². The van der Waals surface area contributed by atoms with E-state index >= 15 is 0 Å². The number of Topliss-reactive ketones (excluding diaryl/α,β-unsaturated/α-hetero) is 1. The van der Waals surface area contributed by atoms with Crippen LogP contribution in [0.4, 0.5) is 10.9 Å². The van der Waals surface area contributed by atoms with E-state index in [9.17, 15) is 9.59 Å². The number of halogens is 2. The van der Waals surface area contributed by atoms with Gasteiger partial charge in [0.2, 0.25) is 0 Å². The molecule has 1 N–H and O–H groups in total. The Morgan fingerprint density at radius 3 is 2.44 bits per heavy atom. The van der Waals surface area contributed by atoms with Crippen molar-refractivity contribution in [3.63, 3.8) is 0 Å². The fourth-order valence-corrected chi connectivity index (χ4v) is 6.91. The number of nitrogens with zero attached hydrogens (tertiary/aromatic N) is 6. The third kappa shape index (κ3) is 6.99. The molecule has 3 aromatic rings. The van der Waals surface area contributed by atoms with Crippen LogP contribution < -0.4 is 9.80 Å². The van der Waals surface area contributed by atoms with Crippen LogP contribution in [0.2, 0.25) is 10.0 Å². The van der Waals surface area contributed by atoms with E-state index < -0.39 is 5.97 Å². The zero-order chi connectivity index (χ0) is 30.7. The first-order valence-corrected chi connectivity index (χ1v) is 16.1. The first-order valence-electron chi connectivity index (χ1n) is 14.6. The van der Waals surface area contributed by atoms with Gasteiger partial charge in [0.25, 0.3) is 0 Å². The summed E-state index contributed by atoms with van der Waals surface area (Å²) in [6.07, 6.45) is 4.18. The molecule has 0 bridgehead atoms. The molecule has 2 aliphatic heterocycles. The summed E-state index contributed by atoms with van der Waals surface area (Å²) < 4.78 is 11.5. The summed E-state index contributed by atoms with van der Waals surface area (Å²) in [5, 5.41) is 1.31. The number of aryl methyl sites for hydroxylation is 1. The number of aromatic amines is 1. The molecule has 0 unspecified atom stereocenters. The summed E-state index contributed by atoms with van der Waals surface area (Å²) >= 11 is 13.8. The lowest BCUT2D eigenvalue weighted by atomic mass is 9.88. The van der Waals surface area contributed by atoms with E-state index in [0.717, 1.165) is 32.0 Å². The summed E-state index contributed by atoms with van der Waals surface area (Å²) in [6.45, 7) is 11.1. The molecule has 11 nitrogen and oxygen atoms in total. The second-order valence-corrected chi connectivity index (χ2v) is 12.5. The fourth-order valence-electron chi connectivity index (χ4n) is 5.47. The van der Waals surface area contributed by atoms with Gasteiger partial charge in [0.05, 0.1) is 35.1 Å². The summed E-state index contributed by atoms with van der Waals surface area (Å²) in [4.78, 5) is 50.3. The maximum Gasteiger partial charge on any atom is 0.350 e. The van der Waals surface area contributed by atoms with Gasteiger partial charge >= 0.3 is 5.97 Å². The summed E-state index contributed by atoms with van der Waals surface area (Å²) in [5.41, 5.74) is 1.98. The van der Waals surface area contributed by atoms with Crippen molar-refractivity contribution in [2.75, 3.05) is 69.3 Å². The second-order valence-electron chi connectivity index (χ2n) is 10.8. The molecule has 5 heterocycles. The number of H-pyrrole nitrogens is 1. The molecule has 0 spiro atoms. The van der Waals surface area contributed by atoms with Gasteiger partial charge in [-0.3, -0.25) is 4.79 Å². The normalized spacial score (nSPS) is 19.6. The highest BCUT2D eigenvalue weighted by atomic mass is 35.5. The largest absolute Gasteiger partial charge is 0.462 e. The monoisotopic (exact) mass is 649 g/mol. The van der Waals surface area contributed by atoms with Crippen LogP contribution in [0.1, 0.15) is 52.5 Å². The first kappa shape index (κ1) is 31.6. The number of hydrogen-bond donors (Lipinski definition) is 1. The summed E-state index contributed by atoms with van der Waals surface area (Å²) in [5.74, 6) is 0.256. The Kier molecular flexibility index (Phi) is 10.2. The van der Waals surface area contributed by atoms with Gasteiger partial charge < -0.3 is 29.2 Å². The SMILES string of the molecule is CCOC(=O)c1sc(N2CC[C@@H](CC(=O)c3[nH]c(C)c(Cl)c3Cl)[C@@H](OCC)C2)nc1-c1cnc(N2CCN(C)CC2)cn1. The predicted octanol–water partition coefficient (Wildman–Crippen LogP) is 4.98. The molecule has 2 atom stereocenters. The van der Waals surface area contributed by atoms with Crippen molar-refractivity contribution in [1.82, 2.24) is 24.8 Å². The first-order chi connectivity index (χ1) is 20.7. The molecule has 2 fully saturated rings. The van der Waals surface area contributed by atoms with Crippen LogP contribution in [0.5, 0.6) is 0 Å². The van der Waals surface area contributed by atoms with Gasteiger partial charge in [0.15, 0.2) is 10.9 Å². The third-order valence-electron chi connectivity index (χ3n) is 7.91. The van der Waals surface area contributed by atoms with E-state index in [1.807, 2.05) is 6.92 Å². The average molecular weight is 651 g/mol. The molecular formula is C29H37Cl2N7O4S. The maximum atomic E-state index is 13.2. The van der Waals surface area contributed by atoms with Gasteiger partial charge in [0.1, 0.15) is 27.8 Å². The Labute approximate surface area is 265 Å². The van der Waals surface area contributed by atoms with Crippen LogP contribution >= 0.6 is 34.5 Å². The van der Waals surface area contributed by atoms with Gasteiger partial charge in [0, 0.05) is 58.0 Å². The van der Waals surface area contributed by atoms with Crippen LogP contribution in [0.25, 0.3) is 11.4 Å². The van der Waals surface area contributed by atoms with Gasteiger partial charge in [-0.2, -0.15) is 0 Å². The Hall–Kier alpha value is -2.77. The zero-order valence-corrected chi connectivity index (χ0v) is 27.2. The summed E-state index contributed by atoms with van der Waals surface area (Å²) in [6, 6.07) is 0. The fraction of sp³-hybridized carbons (Fsp3) is 0.552. The maximum absolute atomic E-state index is 13.2. The van der Waals surface area contributed by atoms with Crippen molar-refractivity contribution in [2.24, 2.45) is 5.92 Å². The van der Waals surface area contributed by atoms with E-state index in [2.05, 4.69) is 36.7 Å². The minimum Gasteiger partial charge on any atom is -0.462 e. The number of thiazole rings is 1. The molecule has 2 saturated heterocycles. The van der Waals surface area contributed by atoms with Crippen LogP contribution in [-0.4, -0.2) is 102 Å². The van der Waals surface area contributed by atoms with E-state index in [1.54, 1.807) is 26.2 Å². The lowest BCUT2D eigenvalue weighted by Crippen LogP contribution is -2.46. The molecule has 232 valence electrons. The number of carbonyl (C=O) groups is 2. The number of likely N-dealkylation sites (N-methyl/N-ethyl adjacent to an activating group) is 1. The zero-order valence-electron chi connectivity index (χ0n) is 24.9. The van der Waals surface area contributed by atoms with Gasteiger partial charge in [-0.05, 0) is 40.2 Å². The van der Waals surface area contributed by atoms with E-state index in [0.29, 0.717) is 63.9 Å². The predicted molar refractivity (Wildman–Crippen MR) is 169 cm³/mol. The molecular weight excluding hydrogens is 613 g/mol. The number of piperazine rings is 1. The van der Waals surface area contributed by atoms with Crippen molar-refractivity contribution in [2.45, 2.75) is 39.7 Å². The van der Waals surface area contributed by atoms with Crippen LogP contribution in [-0.2, 0) is 9.47 Å². The molecule has 0 aliphatic carbocycles. The van der Waals surface area contributed by atoms with Crippen molar-refractivity contribution in [3.05, 3.63) is 38.7 Å². The molecule has 0 amide bonds. The minimum atomic E-state index is -0.440. The number of carbonyl (C=O) groups excluding carboxylic acids is 2. The second kappa shape index (κ2) is 13.9. The number of piperidine rings is 1. The molecule has 0 aromatic carbocycles. The molecule has 43 heavy (non-hydrogen) atoms. The number of nitrogens with one attached hydrogen (secondary N) is 1. The molecule has 2 aliphatic rings. The van der Waals surface area contributed by atoms with Crippen LogP contribution in [0.15, 0.2) is 12.4 Å². The Morgan fingerprint density at radius 2 is 1.81 bits per heavy atom. The lowest BCUT2D eigenvalue weighted by Gasteiger charge is -2.38. The van der Waals surface area contributed by atoms with E-state index in [4.69, 9.17) is 37.7 Å². The summed E-state index contributed by atoms with van der Waals surface area (Å²) in [7, 11) is 2.11. The third-order valence-corrected chi connectivity index (χ3v) is 9.96. The van der Waals surface area contributed by atoms with Gasteiger partial charge in [-0.25, -0.2) is 19.7 Å². The number of aromatic nitrogens is 4. The number of ether oxygens (including phenoxy) is 2. The lowest BCUT2D eigenvalue weighted by molar-refractivity contribution is 0.0103. The highest BCUT2D eigenvalue weighted by Crippen LogP contribution is 2.37. The average Bonchev–Trinajstić information content (AvgIpc) is 3.56. The van der Waals surface area contributed by atoms with Crippen molar-refractivity contribution in [3.8, 4) is 11.4 Å². The number of rotatable bonds is 10. The molecule has 0 saturated carbocycles. The molecule has 0 radical (unpaired) electrons. The quantitative estimate of drug-likeness (QED) is 0.238. The van der Waals surface area contributed by atoms with Crippen molar-refractivity contribution < 1.29 is 19.1 Å². The standard InChI is InChI=1S/C29H37Cl2N7O4S/c1-5-41-21-16-38(8-7-18(21)13-20(39)26-24(31)23(30)17(3)34-26)29-35-25(27(43-29)28(40)42-6-2)19-14-33-22(15-32-19)37-11-9-36(4)10-12-37/h14-15,18,21,34H,5-13,16H2,1-4H3/t18-,21-/m0/s1. The van der Waals surface area contributed by atoms with Crippen LogP contribution in [0, 0.1) is 12.8 Å². The molecule has 3 aromatic heterocycles. The number of esters is 1. The number of hydrogen-bond acceptors (Lipinski definition) is 11. The molecule has 14 heteroatoms. The Balaban J connectivity index is 1.35. The highest BCUT2D eigenvalue weighted by molar-refractivity contribution is 7.17. The number of anilines is 2. The van der Waals surface area contributed by atoms with Gasteiger partial charge in [-0.15, -0.1) is 0 Å².